The van der Waals surface area contributed by atoms with Crippen molar-refractivity contribution in [1.29, 1.82) is 0 Å². The molecule has 0 saturated heterocycles. The number of aliphatic imine (C=N–C) groups is 2. The summed E-state index contributed by atoms with van der Waals surface area (Å²) in [5, 5.41) is 0. The van der Waals surface area contributed by atoms with Gasteiger partial charge in [-0.05, 0) is 13.3 Å². The molecule has 0 spiro atoms. The summed E-state index contributed by atoms with van der Waals surface area (Å²) in [6.07, 6.45) is 2.57. The Morgan fingerprint density at radius 3 is 2.78 bits per heavy atom. The number of rotatable bonds is 3. The van der Waals surface area contributed by atoms with Crippen molar-refractivity contribution >= 4 is 28.0 Å². The molecule has 52 valence electrons. The van der Waals surface area contributed by atoms with Gasteiger partial charge in [-0.1, -0.05) is 22.9 Å². The van der Waals surface area contributed by atoms with Crippen LogP contribution in [0.5, 0.6) is 0 Å². The Morgan fingerprint density at radius 1 is 1.67 bits per heavy atom. The van der Waals surface area contributed by atoms with Crippen LogP contribution >= 0.6 is 15.9 Å². The quantitative estimate of drug-likeness (QED) is 0.283. The summed E-state index contributed by atoms with van der Waals surface area (Å²) in [4.78, 5) is 7.89. The van der Waals surface area contributed by atoms with E-state index in [1.54, 1.807) is 6.34 Å². The predicted molar refractivity (Wildman–Crippen MR) is 45.7 cm³/mol. The molecule has 0 aliphatic carbocycles. The van der Waals surface area contributed by atoms with Gasteiger partial charge in [-0.15, -0.1) is 0 Å². The molecule has 0 fully saturated rings. The van der Waals surface area contributed by atoms with Gasteiger partial charge in [0.1, 0.15) is 6.34 Å². The predicted octanol–water partition coefficient (Wildman–Crippen LogP) is 2.24. The van der Waals surface area contributed by atoms with Gasteiger partial charge in [-0.25, -0.2) is 4.99 Å². The lowest BCUT2D eigenvalue weighted by molar-refractivity contribution is 1.26. The highest BCUT2D eigenvalue weighted by atomic mass is 79.9. The zero-order valence-corrected chi connectivity index (χ0v) is 7.35. The Morgan fingerprint density at radius 2 is 2.33 bits per heavy atom. The van der Waals surface area contributed by atoms with Crippen LogP contribution in [0.1, 0.15) is 20.3 Å². The molecule has 0 atom stereocenters. The Kier molecular flexibility index (Phi) is 5.83. The molecule has 0 rings (SSSR count). The van der Waals surface area contributed by atoms with Gasteiger partial charge in [0, 0.05) is 5.71 Å². The third-order valence-electron chi connectivity index (χ3n) is 0.940. The van der Waals surface area contributed by atoms with Crippen molar-refractivity contribution in [2.45, 2.75) is 20.3 Å². The molecule has 0 amide bonds. The van der Waals surface area contributed by atoms with E-state index >= 15 is 0 Å². The monoisotopic (exact) mass is 190 g/mol. The van der Waals surface area contributed by atoms with E-state index in [2.05, 4.69) is 32.8 Å². The summed E-state index contributed by atoms with van der Waals surface area (Å²) < 4.78 is 0. The highest BCUT2D eigenvalue weighted by molar-refractivity contribution is 9.09. The third-order valence-corrected chi connectivity index (χ3v) is 1.23. The van der Waals surface area contributed by atoms with Crippen molar-refractivity contribution in [3.05, 3.63) is 0 Å². The molecule has 9 heavy (non-hydrogen) atoms. The second-order valence-corrected chi connectivity index (χ2v) is 2.14. The standard InChI is InChI=1S/C6H11BrN2/c1-3-6(2)9-5-8-4-7/h5H,3-4H2,1-2H3/b8-5-,9-6+. The number of halogens is 1. The minimum Gasteiger partial charge on any atom is -0.262 e. The van der Waals surface area contributed by atoms with Crippen LogP contribution in [0.15, 0.2) is 9.98 Å². The van der Waals surface area contributed by atoms with Crippen LogP contribution in [0, 0.1) is 0 Å². The van der Waals surface area contributed by atoms with Gasteiger partial charge in [-0.3, -0.25) is 4.99 Å². The highest BCUT2D eigenvalue weighted by Crippen LogP contribution is 1.83. The van der Waals surface area contributed by atoms with Crippen LogP contribution in [0.3, 0.4) is 0 Å². The normalized spacial score (nSPS) is 13.0. The Bertz CT molecular complexity index is 118. The SMILES string of the molecule is CC/C(C)=N/C=N\CBr. The maximum Gasteiger partial charge on any atom is 0.110 e. The van der Waals surface area contributed by atoms with Crippen molar-refractivity contribution in [3.63, 3.8) is 0 Å². The lowest BCUT2D eigenvalue weighted by Gasteiger charge is -1.86. The van der Waals surface area contributed by atoms with Crippen LogP contribution in [-0.2, 0) is 0 Å². The van der Waals surface area contributed by atoms with E-state index in [0.29, 0.717) is 5.45 Å². The van der Waals surface area contributed by atoms with Crippen molar-refractivity contribution < 1.29 is 0 Å². The highest BCUT2D eigenvalue weighted by Gasteiger charge is 1.78. The van der Waals surface area contributed by atoms with Gasteiger partial charge in [0.15, 0.2) is 0 Å². The first-order chi connectivity index (χ1) is 4.31. The summed E-state index contributed by atoms with van der Waals surface area (Å²) in [5.74, 6) is 0. The molecular weight excluding hydrogens is 180 g/mol. The second kappa shape index (κ2) is 5.95. The van der Waals surface area contributed by atoms with Crippen molar-refractivity contribution in [2.24, 2.45) is 9.98 Å². The molecular formula is C6H11BrN2. The third kappa shape index (κ3) is 5.69. The van der Waals surface area contributed by atoms with Crippen LogP contribution in [-0.4, -0.2) is 17.5 Å². The van der Waals surface area contributed by atoms with Gasteiger partial charge in [0.25, 0.3) is 0 Å². The minimum atomic E-state index is 0.632. The van der Waals surface area contributed by atoms with Gasteiger partial charge in [0.05, 0.1) is 5.45 Å². The molecule has 0 aromatic carbocycles. The fourth-order valence-corrected chi connectivity index (χ4v) is 0.391. The molecule has 0 N–H and O–H groups in total. The molecule has 0 heterocycles. The van der Waals surface area contributed by atoms with Crippen molar-refractivity contribution in [1.82, 2.24) is 0 Å². The maximum absolute atomic E-state index is 4.03. The molecule has 0 aromatic rings. The fraction of sp³-hybridized carbons (Fsp3) is 0.667. The molecule has 0 radical (unpaired) electrons. The van der Waals surface area contributed by atoms with Crippen LogP contribution < -0.4 is 0 Å². The smallest absolute Gasteiger partial charge is 0.110 e. The molecule has 0 aliphatic heterocycles. The Hall–Kier alpha value is -0.180. The average molecular weight is 191 g/mol. The fourth-order valence-electron chi connectivity index (χ4n) is 0.262. The molecule has 0 bridgehead atoms. The van der Waals surface area contributed by atoms with E-state index in [0.717, 1.165) is 12.1 Å². The summed E-state index contributed by atoms with van der Waals surface area (Å²) in [6, 6.07) is 0. The molecule has 0 saturated carbocycles. The van der Waals surface area contributed by atoms with Crippen molar-refractivity contribution in [3.8, 4) is 0 Å². The zero-order valence-electron chi connectivity index (χ0n) is 5.76. The zero-order chi connectivity index (χ0) is 7.11. The summed E-state index contributed by atoms with van der Waals surface area (Å²) in [7, 11) is 0. The summed E-state index contributed by atoms with van der Waals surface area (Å²) in [6.45, 7) is 4.06. The van der Waals surface area contributed by atoms with E-state index in [-0.39, 0.29) is 0 Å². The van der Waals surface area contributed by atoms with E-state index in [1.807, 2.05) is 6.92 Å². The van der Waals surface area contributed by atoms with Crippen LogP contribution in [0.2, 0.25) is 0 Å². The van der Waals surface area contributed by atoms with Crippen molar-refractivity contribution in [2.75, 3.05) is 5.45 Å². The first-order valence-electron chi connectivity index (χ1n) is 2.88. The number of hydrogen-bond acceptors (Lipinski definition) is 1. The van der Waals surface area contributed by atoms with Crippen LogP contribution in [0.4, 0.5) is 0 Å². The van der Waals surface area contributed by atoms with Gasteiger partial charge in [-0.2, -0.15) is 0 Å². The first kappa shape index (κ1) is 8.82. The summed E-state index contributed by atoms with van der Waals surface area (Å²) in [5.41, 5.74) is 1.74. The Labute approximate surface area is 64.2 Å². The summed E-state index contributed by atoms with van der Waals surface area (Å²) >= 11 is 3.15. The Balaban J connectivity index is 3.55. The van der Waals surface area contributed by atoms with E-state index < -0.39 is 0 Å². The van der Waals surface area contributed by atoms with Crippen LogP contribution in [0.25, 0.3) is 0 Å². The maximum atomic E-state index is 4.03. The number of nitrogens with zero attached hydrogens (tertiary/aromatic N) is 2. The molecule has 3 heteroatoms. The van der Waals surface area contributed by atoms with E-state index in [1.165, 1.54) is 0 Å². The van der Waals surface area contributed by atoms with Gasteiger partial charge >= 0.3 is 0 Å². The topological polar surface area (TPSA) is 24.7 Å². The minimum absolute atomic E-state index is 0.632. The second-order valence-electron chi connectivity index (χ2n) is 1.64. The van der Waals surface area contributed by atoms with E-state index in [9.17, 15) is 0 Å². The van der Waals surface area contributed by atoms with Gasteiger partial charge in [0.2, 0.25) is 0 Å². The average Bonchev–Trinajstić information content (AvgIpc) is 1.89. The van der Waals surface area contributed by atoms with E-state index in [4.69, 9.17) is 0 Å². The number of hydrogen-bond donors (Lipinski definition) is 0. The van der Waals surface area contributed by atoms with Gasteiger partial charge < -0.3 is 0 Å². The number of alkyl halides is 1. The first-order valence-corrected chi connectivity index (χ1v) is 4.01. The lowest BCUT2D eigenvalue weighted by Crippen LogP contribution is -1.86. The molecule has 0 aromatic heterocycles. The lowest BCUT2D eigenvalue weighted by atomic mass is 10.3. The molecule has 0 aliphatic rings. The molecule has 2 nitrogen and oxygen atoms in total. The molecule has 0 unspecified atom stereocenters. The largest absolute Gasteiger partial charge is 0.262 e.